The minimum atomic E-state index is 0.152. The first-order valence-electron chi connectivity index (χ1n) is 8.21. The number of rotatable bonds is 2. The Hall–Kier alpha value is -1.31. The Morgan fingerprint density at radius 1 is 0.850 bits per heavy atom. The first-order chi connectivity index (χ1) is 9.93. The van der Waals surface area contributed by atoms with Crippen molar-refractivity contribution < 1.29 is 4.84 Å². The molecule has 2 aliphatic rings. The molecule has 0 radical (unpaired) electrons. The third-order valence-electron chi connectivity index (χ3n) is 4.69. The Morgan fingerprint density at radius 3 is 2.20 bits per heavy atom. The van der Waals surface area contributed by atoms with Crippen LogP contribution in [0.4, 0.5) is 0 Å². The van der Waals surface area contributed by atoms with E-state index in [0.717, 1.165) is 6.42 Å². The predicted octanol–water partition coefficient (Wildman–Crippen LogP) is 5.25. The third kappa shape index (κ3) is 3.41. The lowest BCUT2D eigenvalue weighted by molar-refractivity contribution is 0.0856. The van der Waals surface area contributed by atoms with Crippen LogP contribution in [0.25, 0.3) is 0 Å². The molecule has 1 saturated carbocycles. The molecule has 1 aromatic carbocycles. The molecule has 0 bridgehead atoms. The zero-order valence-corrected chi connectivity index (χ0v) is 12.3. The van der Waals surface area contributed by atoms with Gasteiger partial charge in [-0.1, -0.05) is 74.0 Å². The zero-order valence-electron chi connectivity index (χ0n) is 12.3. The molecule has 0 aromatic heterocycles. The summed E-state index contributed by atoms with van der Waals surface area (Å²) in [6, 6.07) is 10.5. The molecule has 3 rings (SSSR count). The predicted molar refractivity (Wildman–Crippen MR) is 82.7 cm³/mol. The highest BCUT2D eigenvalue weighted by Crippen LogP contribution is 2.33. The van der Waals surface area contributed by atoms with Crippen LogP contribution in [0.15, 0.2) is 35.5 Å². The normalized spacial score (nSPS) is 25.2. The molecule has 2 heteroatoms. The second kappa shape index (κ2) is 6.92. The summed E-state index contributed by atoms with van der Waals surface area (Å²) < 4.78 is 0. The minimum absolute atomic E-state index is 0.152. The van der Waals surface area contributed by atoms with E-state index in [1.807, 2.05) is 0 Å². The van der Waals surface area contributed by atoms with Gasteiger partial charge in [-0.15, -0.1) is 0 Å². The van der Waals surface area contributed by atoms with E-state index in [9.17, 15) is 0 Å². The third-order valence-corrected chi connectivity index (χ3v) is 4.69. The van der Waals surface area contributed by atoms with Gasteiger partial charge in [0.15, 0.2) is 6.10 Å². The molecule has 1 aliphatic carbocycles. The van der Waals surface area contributed by atoms with Gasteiger partial charge in [-0.05, 0) is 18.4 Å². The van der Waals surface area contributed by atoms with E-state index >= 15 is 0 Å². The van der Waals surface area contributed by atoms with E-state index in [-0.39, 0.29) is 6.10 Å². The van der Waals surface area contributed by atoms with E-state index in [1.54, 1.807) is 0 Å². The van der Waals surface area contributed by atoms with Crippen molar-refractivity contribution >= 4 is 5.71 Å². The molecule has 108 valence electrons. The van der Waals surface area contributed by atoms with Crippen LogP contribution in [0.3, 0.4) is 0 Å². The van der Waals surface area contributed by atoms with Gasteiger partial charge in [-0.3, -0.25) is 0 Å². The van der Waals surface area contributed by atoms with Crippen LogP contribution in [0.5, 0.6) is 0 Å². The molecular formula is C18H25NO. The Balaban J connectivity index is 1.60. The summed E-state index contributed by atoms with van der Waals surface area (Å²) in [6.45, 7) is 0. The maximum Gasteiger partial charge on any atom is 0.157 e. The summed E-state index contributed by atoms with van der Waals surface area (Å²) in [5, 5.41) is 4.44. The molecular weight excluding hydrogens is 246 g/mol. The number of hydrogen-bond donors (Lipinski definition) is 0. The van der Waals surface area contributed by atoms with E-state index in [2.05, 4.69) is 35.5 Å². The van der Waals surface area contributed by atoms with Crippen molar-refractivity contribution in [2.24, 2.45) is 11.1 Å². The van der Waals surface area contributed by atoms with Crippen LogP contribution in [-0.2, 0) is 4.84 Å². The lowest BCUT2D eigenvalue weighted by atomic mass is 9.88. The molecule has 1 heterocycles. The lowest BCUT2D eigenvalue weighted by Gasteiger charge is -2.15. The van der Waals surface area contributed by atoms with Crippen LogP contribution in [0.1, 0.15) is 69.5 Å². The van der Waals surface area contributed by atoms with Crippen LogP contribution in [-0.4, -0.2) is 5.71 Å². The number of nitrogens with zero attached hydrogens (tertiary/aromatic N) is 1. The van der Waals surface area contributed by atoms with Crippen molar-refractivity contribution in [3.05, 3.63) is 35.9 Å². The second-order valence-corrected chi connectivity index (χ2v) is 6.19. The maximum absolute atomic E-state index is 5.70. The summed E-state index contributed by atoms with van der Waals surface area (Å²) in [5.74, 6) is 0.668. The van der Waals surface area contributed by atoms with E-state index in [4.69, 9.17) is 4.84 Å². The highest BCUT2D eigenvalue weighted by Gasteiger charge is 2.28. The van der Waals surface area contributed by atoms with Gasteiger partial charge < -0.3 is 4.84 Å². The Kier molecular flexibility index (Phi) is 4.73. The van der Waals surface area contributed by atoms with Gasteiger partial charge in [0.05, 0.1) is 5.71 Å². The summed E-state index contributed by atoms with van der Waals surface area (Å²) in [6.07, 6.45) is 12.1. The Bertz CT molecular complexity index is 430. The summed E-state index contributed by atoms with van der Waals surface area (Å²) in [7, 11) is 0. The summed E-state index contributed by atoms with van der Waals surface area (Å²) >= 11 is 0. The number of oxime groups is 1. The van der Waals surface area contributed by atoms with Gasteiger partial charge in [0.25, 0.3) is 0 Å². The van der Waals surface area contributed by atoms with Crippen LogP contribution >= 0.6 is 0 Å². The first-order valence-corrected chi connectivity index (χ1v) is 8.21. The second-order valence-electron chi connectivity index (χ2n) is 6.19. The SMILES string of the molecule is c1ccc(C2CC(C3CCCCCCCC3)=NO2)cc1. The molecule has 0 spiro atoms. The van der Waals surface area contributed by atoms with Gasteiger partial charge in [0.1, 0.15) is 0 Å². The molecule has 0 saturated heterocycles. The van der Waals surface area contributed by atoms with Gasteiger partial charge in [-0.25, -0.2) is 0 Å². The fourth-order valence-corrected chi connectivity index (χ4v) is 3.45. The number of benzene rings is 1. The molecule has 1 fully saturated rings. The molecule has 20 heavy (non-hydrogen) atoms. The molecule has 1 aromatic rings. The molecule has 1 unspecified atom stereocenters. The van der Waals surface area contributed by atoms with Gasteiger partial charge in [0.2, 0.25) is 0 Å². The molecule has 0 N–H and O–H groups in total. The molecule has 2 nitrogen and oxygen atoms in total. The zero-order chi connectivity index (χ0) is 13.6. The van der Waals surface area contributed by atoms with Crippen molar-refractivity contribution in [1.82, 2.24) is 0 Å². The average Bonchev–Trinajstić information content (AvgIpc) is 3.02. The summed E-state index contributed by atoms with van der Waals surface area (Å²) in [4.78, 5) is 5.70. The first kappa shape index (κ1) is 13.7. The number of hydrogen-bond acceptors (Lipinski definition) is 2. The lowest BCUT2D eigenvalue weighted by Crippen LogP contribution is -2.13. The van der Waals surface area contributed by atoms with E-state index in [1.165, 1.54) is 62.6 Å². The monoisotopic (exact) mass is 271 g/mol. The van der Waals surface area contributed by atoms with Crippen molar-refractivity contribution in [1.29, 1.82) is 0 Å². The van der Waals surface area contributed by atoms with Gasteiger partial charge in [-0.2, -0.15) is 0 Å². The van der Waals surface area contributed by atoms with Crippen LogP contribution in [0, 0.1) is 5.92 Å². The van der Waals surface area contributed by atoms with E-state index < -0.39 is 0 Å². The van der Waals surface area contributed by atoms with Crippen molar-refractivity contribution in [2.75, 3.05) is 0 Å². The fourth-order valence-electron chi connectivity index (χ4n) is 3.45. The van der Waals surface area contributed by atoms with Gasteiger partial charge >= 0.3 is 0 Å². The fraction of sp³-hybridized carbons (Fsp3) is 0.611. The topological polar surface area (TPSA) is 21.6 Å². The Labute approximate surface area is 122 Å². The minimum Gasteiger partial charge on any atom is -0.387 e. The summed E-state index contributed by atoms with van der Waals surface area (Å²) in [5.41, 5.74) is 2.58. The largest absolute Gasteiger partial charge is 0.387 e. The smallest absolute Gasteiger partial charge is 0.157 e. The van der Waals surface area contributed by atoms with Crippen molar-refractivity contribution in [3.8, 4) is 0 Å². The molecule has 0 amide bonds. The van der Waals surface area contributed by atoms with Crippen LogP contribution < -0.4 is 0 Å². The molecule has 1 atom stereocenters. The highest BCUT2D eigenvalue weighted by atomic mass is 16.6. The van der Waals surface area contributed by atoms with Gasteiger partial charge in [0, 0.05) is 12.3 Å². The maximum atomic E-state index is 5.70. The average molecular weight is 271 g/mol. The van der Waals surface area contributed by atoms with Crippen molar-refractivity contribution in [2.45, 2.75) is 63.9 Å². The van der Waals surface area contributed by atoms with E-state index in [0.29, 0.717) is 5.92 Å². The Morgan fingerprint density at radius 2 is 1.50 bits per heavy atom. The standard InChI is InChI=1S/C18H25NO/c1-2-4-7-11-15(10-6-3-1)17-14-18(20-19-17)16-12-8-5-9-13-16/h5,8-9,12-13,15,18H,1-4,6-7,10-11,14H2. The quantitative estimate of drug-likeness (QED) is 0.719. The molecule has 1 aliphatic heterocycles. The van der Waals surface area contributed by atoms with Crippen LogP contribution in [0.2, 0.25) is 0 Å². The van der Waals surface area contributed by atoms with Crippen molar-refractivity contribution in [3.63, 3.8) is 0 Å². The highest BCUT2D eigenvalue weighted by molar-refractivity contribution is 5.87.